The van der Waals surface area contributed by atoms with E-state index in [9.17, 15) is 5.11 Å². The molecule has 0 bridgehead atoms. The van der Waals surface area contributed by atoms with Crippen molar-refractivity contribution in [1.29, 1.82) is 0 Å². The lowest BCUT2D eigenvalue weighted by atomic mass is 10.1. The minimum atomic E-state index is 0.344. The minimum absolute atomic E-state index is 0.344. The summed E-state index contributed by atoms with van der Waals surface area (Å²) >= 11 is 0. The fourth-order valence-corrected chi connectivity index (χ4v) is 1.69. The number of nitrogens with zero attached hydrogens (tertiary/aromatic N) is 1. The Hall–Kier alpha value is -2.03. The average Bonchev–Trinajstić information content (AvgIpc) is 2.33. The van der Waals surface area contributed by atoms with Crippen LogP contribution in [0.25, 0.3) is 0 Å². The molecule has 3 heteroatoms. The highest BCUT2D eigenvalue weighted by molar-refractivity contribution is 5.56. The van der Waals surface area contributed by atoms with Crippen LogP contribution in [0.5, 0.6) is 5.75 Å². The molecule has 88 valence electrons. The van der Waals surface area contributed by atoms with Crippen LogP contribution >= 0.6 is 0 Å². The van der Waals surface area contributed by atoms with E-state index in [0.29, 0.717) is 5.75 Å². The SMILES string of the molecule is Cc1cc(NCc2ccncc2)c(C)cc1O. The van der Waals surface area contributed by atoms with Gasteiger partial charge in [-0.3, -0.25) is 4.98 Å². The Bertz CT molecular complexity index is 509. The molecular formula is C14H16N2O. The number of nitrogens with one attached hydrogen (secondary N) is 1. The van der Waals surface area contributed by atoms with Crippen molar-refractivity contribution < 1.29 is 5.11 Å². The van der Waals surface area contributed by atoms with Crippen molar-refractivity contribution in [2.24, 2.45) is 0 Å². The molecular weight excluding hydrogens is 212 g/mol. The first kappa shape index (κ1) is 11.5. The maximum atomic E-state index is 9.57. The summed E-state index contributed by atoms with van der Waals surface area (Å²) in [6.07, 6.45) is 3.57. The molecule has 0 spiro atoms. The topological polar surface area (TPSA) is 45.2 Å². The van der Waals surface area contributed by atoms with Gasteiger partial charge in [-0.05, 0) is 54.8 Å². The molecule has 1 aromatic carbocycles. The van der Waals surface area contributed by atoms with Gasteiger partial charge in [-0.15, -0.1) is 0 Å². The monoisotopic (exact) mass is 228 g/mol. The maximum absolute atomic E-state index is 9.57. The molecule has 3 nitrogen and oxygen atoms in total. The van der Waals surface area contributed by atoms with E-state index in [0.717, 1.165) is 23.4 Å². The zero-order valence-corrected chi connectivity index (χ0v) is 10.1. The summed E-state index contributed by atoms with van der Waals surface area (Å²) in [6.45, 7) is 4.63. The zero-order valence-electron chi connectivity index (χ0n) is 10.1. The van der Waals surface area contributed by atoms with Gasteiger partial charge in [0.25, 0.3) is 0 Å². The predicted molar refractivity (Wildman–Crippen MR) is 69.1 cm³/mol. The standard InChI is InChI=1S/C14H16N2O/c1-10-8-14(17)11(2)7-13(10)16-9-12-3-5-15-6-4-12/h3-8,16-17H,9H2,1-2H3. The molecule has 0 aliphatic carbocycles. The van der Waals surface area contributed by atoms with E-state index in [1.807, 2.05) is 32.0 Å². The number of pyridine rings is 1. The van der Waals surface area contributed by atoms with E-state index >= 15 is 0 Å². The molecule has 0 atom stereocenters. The van der Waals surface area contributed by atoms with Gasteiger partial charge in [-0.2, -0.15) is 0 Å². The molecule has 0 aliphatic heterocycles. The Morgan fingerprint density at radius 3 is 2.53 bits per heavy atom. The van der Waals surface area contributed by atoms with E-state index in [4.69, 9.17) is 0 Å². The molecule has 2 aromatic rings. The highest BCUT2D eigenvalue weighted by Gasteiger charge is 2.03. The van der Waals surface area contributed by atoms with Crippen molar-refractivity contribution in [3.05, 3.63) is 53.3 Å². The third-order valence-corrected chi connectivity index (χ3v) is 2.78. The quantitative estimate of drug-likeness (QED) is 0.794. The van der Waals surface area contributed by atoms with Crippen LogP contribution in [-0.4, -0.2) is 10.1 Å². The highest BCUT2D eigenvalue weighted by Crippen LogP contribution is 2.25. The van der Waals surface area contributed by atoms with Gasteiger partial charge in [0.1, 0.15) is 5.75 Å². The summed E-state index contributed by atoms with van der Waals surface area (Å²) in [6, 6.07) is 7.71. The first-order chi connectivity index (χ1) is 8.16. The van der Waals surface area contributed by atoms with Crippen molar-refractivity contribution in [2.75, 3.05) is 5.32 Å². The van der Waals surface area contributed by atoms with Crippen LogP contribution in [-0.2, 0) is 6.54 Å². The van der Waals surface area contributed by atoms with E-state index < -0.39 is 0 Å². The second-order valence-corrected chi connectivity index (χ2v) is 4.16. The molecule has 2 rings (SSSR count). The van der Waals surface area contributed by atoms with Gasteiger partial charge < -0.3 is 10.4 Å². The molecule has 0 saturated carbocycles. The van der Waals surface area contributed by atoms with Crippen LogP contribution in [0.15, 0.2) is 36.7 Å². The second-order valence-electron chi connectivity index (χ2n) is 4.16. The fraction of sp³-hybridized carbons (Fsp3) is 0.214. The Morgan fingerprint density at radius 2 is 1.82 bits per heavy atom. The summed E-state index contributed by atoms with van der Waals surface area (Å²) in [7, 11) is 0. The van der Waals surface area contributed by atoms with Crippen molar-refractivity contribution >= 4 is 5.69 Å². The van der Waals surface area contributed by atoms with Crippen LogP contribution in [0.1, 0.15) is 16.7 Å². The van der Waals surface area contributed by atoms with Gasteiger partial charge in [0.15, 0.2) is 0 Å². The number of phenolic OH excluding ortho intramolecular Hbond substituents is 1. The lowest BCUT2D eigenvalue weighted by Crippen LogP contribution is -2.01. The number of aryl methyl sites for hydroxylation is 2. The lowest BCUT2D eigenvalue weighted by molar-refractivity contribution is 0.471. The number of aromatic nitrogens is 1. The van der Waals surface area contributed by atoms with Gasteiger partial charge in [-0.25, -0.2) is 0 Å². The summed E-state index contributed by atoms with van der Waals surface area (Å²) < 4.78 is 0. The first-order valence-corrected chi connectivity index (χ1v) is 5.60. The zero-order chi connectivity index (χ0) is 12.3. The predicted octanol–water partition coefficient (Wildman–Crippen LogP) is 3.02. The minimum Gasteiger partial charge on any atom is -0.508 e. The molecule has 17 heavy (non-hydrogen) atoms. The number of hydrogen-bond donors (Lipinski definition) is 2. The molecule has 0 radical (unpaired) electrons. The van der Waals surface area contributed by atoms with Gasteiger partial charge in [-0.1, -0.05) is 0 Å². The molecule has 0 fully saturated rings. The van der Waals surface area contributed by atoms with Crippen molar-refractivity contribution in [3.8, 4) is 5.75 Å². The smallest absolute Gasteiger partial charge is 0.118 e. The third kappa shape index (κ3) is 2.75. The van der Waals surface area contributed by atoms with E-state index in [2.05, 4.69) is 10.3 Å². The van der Waals surface area contributed by atoms with Crippen molar-refractivity contribution in [3.63, 3.8) is 0 Å². The highest BCUT2D eigenvalue weighted by atomic mass is 16.3. The number of anilines is 1. The average molecular weight is 228 g/mol. The number of phenols is 1. The summed E-state index contributed by atoms with van der Waals surface area (Å²) in [5.74, 6) is 0.344. The summed E-state index contributed by atoms with van der Waals surface area (Å²) in [5, 5.41) is 12.9. The van der Waals surface area contributed by atoms with E-state index in [1.165, 1.54) is 5.56 Å². The number of benzene rings is 1. The van der Waals surface area contributed by atoms with Crippen molar-refractivity contribution in [1.82, 2.24) is 4.98 Å². The normalized spacial score (nSPS) is 10.2. The Kier molecular flexibility index (Phi) is 3.28. The summed E-state index contributed by atoms with van der Waals surface area (Å²) in [5.41, 5.74) is 4.16. The molecule has 0 amide bonds. The summed E-state index contributed by atoms with van der Waals surface area (Å²) in [4.78, 5) is 3.98. The Morgan fingerprint density at radius 1 is 1.12 bits per heavy atom. The van der Waals surface area contributed by atoms with Gasteiger partial charge in [0, 0.05) is 24.6 Å². The number of hydrogen-bond acceptors (Lipinski definition) is 3. The largest absolute Gasteiger partial charge is 0.508 e. The Balaban J connectivity index is 2.12. The van der Waals surface area contributed by atoms with Crippen LogP contribution in [0.2, 0.25) is 0 Å². The van der Waals surface area contributed by atoms with Crippen molar-refractivity contribution in [2.45, 2.75) is 20.4 Å². The van der Waals surface area contributed by atoms with Crippen LogP contribution in [0.3, 0.4) is 0 Å². The number of aromatic hydroxyl groups is 1. The van der Waals surface area contributed by atoms with E-state index in [1.54, 1.807) is 18.5 Å². The van der Waals surface area contributed by atoms with Crippen LogP contribution in [0.4, 0.5) is 5.69 Å². The van der Waals surface area contributed by atoms with Gasteiger partial charge in [0.2, 0.25) is 0 Å². The number of rotatable bonds is 3. The van der Waals surface area contributed by atoms with E-state index in [-0.39, 0.29) is 0 Å². The van der Waals surface area contributed by atoms with Crippen LogP contribution < -0.4 is 5.32 Å². The first-order valence-electron chi connectivity index (χ1n) is 5.60. The Labute approximate surface area is 101 Å². The molecule has 0 saturated heterocycles. The molecule has 2 N–H and O–H groups in total. The molecule has 1 aromatic heterocycles. The molecule has 0 aliphatic rings. The van der Waals surface area contributed by atoms with Crippen LogP contribution in [0, 0.1) is 13.8 Å². The maximum Gasteiger partial charge on any atom is 0.118 e. The molecule has 0 unspecified atom stereocenters. The molecule has 1 heterocycles. The third-order valence-electron chi connectivity index (χ3n) is 2.78. The van der Waals surface area contributed by atoms with Gasteiger partial charge in [0.05, 0.1) is 0 Å². The fourth-order valence-electron chi connectivity index (χ4n) is 1.69. The van der Waals surface area contributed by atoms with Gasteiger partial charge >= 0.3 is 0 Å². The second kappa shape index (κ2) is 4.87. The lowest BCUT2D eigenvalue weighted by Gasteiger charge is -2.11.